The molecule has 0 aliphatic heterocycles. The number of hydrogen-bond acceptors (Lipinski definition) is 5. The van der Waals surface area contributed by atoms with E-state index in [9.17, 15) is 4.79 Å². The predicted molar refractivity (Wildman–Crippen MR) is 112 cm³/mol. The van der Waals surface area contributed by atoms with Crippen LogP contribution in [-0.2, 0) is 6.54 Å². The second-order valence-corrected chi connectivity index (χ2v) is 6.65. The van der Waals surface area contributed by atoms with Gasteiger partial charge >= 0.3 is 0 Å². The molecule has 0 spiro atoms. The van der Waals surface area contributed by atoms with Crippen LogP contribution in [0.4, 0.5) is 5.69 Å². The van der Waals surface area contributed by atoms with Crippen molar-refractivity contribution >= 4 is 11.6 Å². The van der Waals surface area contributed by atoms with E-state index in [1.54, 1.807) is 12.3 Å². The van der Waals surface area contributed by atoms with E-state index in [1.165, 1.54) is 17.8 Å². The number of nitrogen functional groups attached to an aromatic ring is 1. The minimum absolute atomic E-state index is 0.223. The Morgan fingerprint density at radius 2 is 1.90 bits per heavy atom. The fraction of sp³-hybridized carbons (Fsp3) is 0.0909. The molecule has 0 atom stereocenters. The lowest BCUT2D eigenvalue weighted by atomic mass is 10.1. The molecule has 0 aliphatic carbocycles. The summed E-state index contributed by atoms with van der Waals surface area (Å²) in [6, 6.07) is 17.0. The van der Waals surface area contributed by atoms with E-state index in [1.807, 2.05) is 49.4 Å². The van der Waals surface area contributed by atoms with Crippen LogP contribution in [0.1, 0.15) is 21.9 Å². The Labute approximate surface area is 168 Å². The van der Waals surface area contributed by atoms with Crippen molar-refractivity contribution in [3.05, 3.63) is 84.1 Å². The van der Waals surface area contributed by atoms with Gasteiger partial charge < -0.3 is 16.0 Å². The van der Waals surface area contributed by atoms with Crippen LogP contribution in [-0.4, -0.2) is 25.8 Å². The number of amides is 1. The molecule has 0 saturated heterocycles. The van der Waals surface area contributed by atoms with Crippen LogP contribution in [0, 0.1) is 6.92 Å². The number of pyridine rings is 2. The number of carbonyl (C=O) groups excluding carboxylic acids is 1. The summed E-state index contributed by atoms with van der Waals surface area (Å²) in [7, 11) is 0. The molecule has 4 N–H and O–H groups in total. The minimum atomic E-state index is -0.315. The van der Waals surface area contributed by atoms with E-state index in [-0.39, 0.29) is 18.1 Å². The lowest BCUT2D eigenvalue weighted by Crippen LogP contribution is -2.24. The first-order valence-electron chi connectivity index (χ1n) is 9.17. The van der Waals surface area contributed by atoms with Crippen LogP contribution in [0.15, 0.2) is 67.0 Å². The largest absolute Gasteiger partial charge is 0.399 e. The number of aromatic amines is 1. The predicted octanol–water partition coefficient (Wildman–Crippen LogP) is 3.35. The van der Waals surface area contributed by atoms with Crippen LogP contribution in [0.5, 0.6) is 0 Å². The molecule has 3 aromatic heterocycles. The quantitative estimate of drug-likeness (QED) is 0.489. The highest BCUT2D eigenvalue weighted by molar-refractivity contribution is 5.92. The van der Waals surface area contributed by atoms with Gasteiger partial charge in [0.1, 0.15) is 11.5 Å². The molecule has 144 valence electrons. The zero-order chi connectivity index (χ0) is 20.2. The number of benzene rings is 1. The first kappa shape index (κ1) is 18.4. The summed E-state index contributed by atoms with van der Waals surface area (Å²) in [5.41, 5.74) is 11.0. The normalized spacial score (nSPS) is 10.7. The Morgan fingerprint density at radius 3 is 2.62 bits per heavy atom. The summed E-state index contributed by atoms with van der Waals surface area (Å²) in [5.74, 6) is 0.309. The molecular weight excluding hydrogens is 364 g/mol. The molecule has 29 heavy (non-hydrogen) atoms. The number of imidazole rings is 1. The molecule has 3 heterocycles. The van der Waals surface area contributed by atoms with Gasteiger partial charge in [-0.1, -0.05) is 35.9 Å². The van der Waals surface area contributed by atoms with Crippen molar-refractivity contribution in [1.82, 2.24) is 25.3 Å². The summed E-state index contributed by atoms with van der Waals surface area (Å²) in [6.45, 7) is 2.26. The highest BCUT2D eigenvalue weighted by atomic mass is 16.1. The monoisotopic (exact) mass is 384 g/mol. The summed E-state index contributed by atoms with van der Waals surface area (Å²) < 4.78 is 0. The number of carbonyl (C=O) groups is 1. The maximum absolute atomic E-state index is 12.4. The molecule has 0 saturated carbocycles. The highest BCUT2D eigenvalue weighted by Gasteiger charge is 2.16. The van der Waals surface area contributed by atoms with Gasteiger partial charge in [-0.3, -0.25) is 14.8 Å². The zero-order valence-electron chi connectivity index (χ0n) is 15.9. The van der Waals surface area contributed by atoms with Gasteiger partial charge in [-0.25, -0.2) is 4.98 Å². The minimum Gasteiger partial charge on any atom is -0.399 e. The Bertz CT molecular complexity index is 1140. The standard InChI is InChI=1S/C22H20N6O/c1-14-5-7-15(8-6-14)20-21(17-4-2-3-10-24-17)28-19(27-20)13-26-22(29)18-12-16(23)9-11-25-18/h2-12H,13H2,1H3,(H2,23,25)(H,26,29)(H,27,28). The number of hydrogen-bond donors (Lipinski definition) is 3. The molecule has 0 fully saturated rings. The van der Waals surface area contributed by atoms with Crippen LogP contribution in [0.2, 0.25) is 0 Å². The van der Waals surface area contributed by atoms with Crippen molar-refractivity contribution in [2.75, 3.05) is 5.73 Å². The summed E-state index contributed by atoms with van der Waals surface area (Å²) in [4.78, 5) is 28.8. The molecule has 1 aromatic carbocycles. The van der Waals surface area contributed by atoms with Gasteiger partial charge in [0.15, 0.2) is 0 Å². The summed E-state index contributed by atoms with van der Waals surface area (Å²) in [5, 5.41) is 2.82. The number of rotatable bonds is 5. The molecule has 0 bridgehead atoms. The van der Waals surface area contributed by atoms with Crippen molar-refractivity contribution in [2.24, 2.45) is 0 Å². The van der Waals surface area contributed by atoms with Crippen LogP contribution >= 0.6 is 0 Å². The van der Waals surface area contributed by atoms with Crippen molar-refractivity contribution < 1.29 is 4.79 Å². The van der Waals surface area contributed by atoms with Crippen LogP contribution in [0.3, 0.4) is 0 Å². The van der Waals surface area contributed by atoms with E-state index in [2.05, 4.69) is 20.3 Å². The highest BCUT2D eigenvalue weighted by Crippen LogP contribution is 2.29. The molecule has 0 unspecified atom stereocenters. The van der Waals surface area contributed by atoms with Crippen molar-refractivity contribution in [2.45, 2.75) is 13.5 Å². The number of nitrogens with two attached hydrogens (primary N) is 1. The van der Waals surface area contributed by atoms with Gasteiger partial charge in [-0.05, 0) is 31.2 Å². The second kappa shape index (κ2) is 7.93. The fourth-order valence-corrected chi connectivity index (χ4v) is 2.95. The number of nitrogens with one attached hydrogen (secondary N) is 2. The lowest BCUT2D eigenvalue weighted by molar-refractivity contribution is 0.0945. The lowest BCUT2D eigenvalue weighted by Gasteiger charge is -2.03. The van der Waals surface area contributed by atoms with Gasteiger partial charge in [0.2, 0.25) is 0 Å². The average molecular weight is 384 g/mol. The summed E-state index contributed by atoms with van der Waals surface area (Å²) >= 11 is 0. The van der Waals surface area contributed by atoms with Gasteiger partial charge in [0, 0.05) is 23.6 Å². The molecule has 7 heteroatoms. The third-order valence-electron chi connectivity index (χ3n) is 4.43. The Hall–Kier alpha value is -4.00. The van der Waals surface area contributed by atoms with E-state index < -0.39 is 0 Å². The maximum Gasteiger partial charge on any atom is 0.270 e. The molecule has 1 amide bonds. The van der Waals surface area contributed by atoms with E-state index in [4.69, 9.17) is 10.7 Å². The second-order valence-electron chi connectivity index (χ2n) is 6.65. The fourth-order valence-electron chi connectivity index (χ4n) is 2.95. The molecule has 0 radical (unpaired) electrons. The van der Waals surface area contributed by atoms with Crippen molar-refractivity contribution in [1.29, 1.82) is 0 Å². The molecule has 4 aromatic rings. The number of H-pyrrole nitrogens is 1. The van der Waals surface area contributed by atoms with Gasteiger partial charge in [-0.2, -0.15) is 0 Å². The van der Waals surface area contributed by atoms with Gasteiger partial charge in [-0.15, -0.1) is 0 Å². The Balaban J connectivity index is 1.62. The van der Waals surface area contributed by atoms with Crippen molar-refractivity contribution in [3.8, 4) is 22.6 Å². The number of aromatic nitrogens is 4. The van der Waals surface area contributed by atoms with Gasteiger partial charge in [0.25, 0.3) is 5.91 Å². The maximum atomic E-state index is 12.4. The first-order chi connectivity index (χ1) is 14.1. The third-order valence-corrected chi connectivity index (χ3v) is 4.43. The van der Waals surface area contributed by atoms with Crippen molar-refractivity contribution in [3.63, 3.8) is 0 Å². The topological polar surface area (TPSA) is 110 Å². The Kier molecular flexibility index (Phi) is 5.03. The molecule has 4 rings (SSSR count). The molecule has 0 aliphatic rings. The number of nitrogens with zero attached hydrogens (tertiary/aromatic N) is 3. The number of aryl methyl sites for hydroxylation is 1. The van der Waals surface area contributed by atoms with E-state index in [0.29, 0.717) is 11.5 Å². The third kappa shape index (κ3) is 4.14. The van der Waals surface area contributed by atoms with E-state index >= 15 is 0 Å². The van der Waals surface area contributed by atoms with E-state index in [0.717, 1.165) is 22.6 Å². The van der Waals surface area contributed by atoms with Gasteiger partial charge in [0.05, 0.1) is 23.6 Å². The summed E-state index contributed by atoms with van der Waals surface area (Å²) in [6.07, 6.45) is 3.24. The smallest absolute Gasteiger partial charge is 0.270 e. The SMILES string of the molecule is Cc1ccc(-c2nc(CNC(=O)c3cc(N)ccn3)[nH]c2-c2ccccn2)cc1. The van der Waals surface area contributed by atoms with Crippen LogP contribution < -0.4 is 11.1 Å². The first-order valence-corrected chi connectivity index (χ1v) is 9.17. The Morgan fingerprint density at radius 1 is 1.07 bits per heavy atom. The average Bonchev–Trinajstić information content (AvgIpc) is 3.17. The number of anilines is 1. The van der Waals surface area contributed by atoms with Crippen LogP contribution in [0.25, 0.3) is 22.6 Å². The zero-order valence-corrected chi connectivity index (χ0v) is 15.9. The molecular formula is C22H20N6O. The molecule has 7 nitrogen and oxygen atoms in total.